The first kappa shape index (κ1) is 30.3. The van der Waals surface area contributed by atoms with Crippen LogP contribution in [0.3, 0.4) is 0 Å². The molecule has 2 aromatic rings. The second-order valence-electron chi connectivity index (χ2n) is 15.3. The molecule has 6 heterocycles. The molecule has 2 aliphatic carbocycles. The van der Waals surface area contributed by atoms with Gasteiger partial charge in [-0.2, -0.15) is 0 Å². The van der Waals surface area contributed by atoms with Crippen LogP contribution in [0.15, 0.2) is 85.3 Å². The van der Waals surface area contributed by atoms with E-state index < -0.39 is 0 Å². The SMILES string of the molecule is C1=CC2=c3c(ccc4c3=CN(CCN3CCC(C5CCN(CCN6C=Cc7ccc8c(c7=C6)=C6C=CC=CC6N8)CC5)CC3)C=C4)NC2C=C1. The average Bonchev–Trinajstić information content (AvgIpc) is 3.76. The molecule has 0 spiro atoms. The number of fused-ring (bicyclic) bond motifs is 8. The molecular formula is C44H48N6. The van der Waals surface area contributed by atoms with Gasteiger partial charge in [-0.05, 0) is 110 Å². The van der Waals surface area contributed by atoms with Crippen LogP contribution in [0.2, 0.25) is 0 Å². The lowest BCUT2D eigenvalue weighted by Gasteiger charge is -2.40. The second-order valence-corrected chi connectivity index (χ2v) is 15.3. The summed E-state index contributed by atoms with van der Waals surface area (Å²) in [4.78, 5) is 10.3. The van der Waals surface area contributed by atoms with E-state index in [4.69, 9.17) is 0 Å². The summed E-state index contributed by atoms with van der Waals surface area (Å²) in [5, 5.41) is 12.9. The molecule has 8 aliphatic rings. The molecule has 2 unspecified atom stereocenters. The number of benzene rings is 2. The Bertz CT molecular complexity index is 1980. The van der Waals surface area contributed by atoms with Crippen LogP contribution in [-0.4, -0.2) is 84.0 Å². The monoisotopic (exact) mass is 660 g/mol. The summed E-state index contributed by atoms with van der Waals surface area (Å²) < 4.78 is 0. The molecule has 0 aromatic heterocycles. The first-order valence-corrected chi connectivity index (χ1v) is 19.1. The molecule has 10 rings (SSSR count). The van der Waals surface area contributed by atoms with E-state index in [-0.39, 0.29) is 0 Å². The maximum absolute atomic E-state index is 3.70. The van der Waals surface area contributed by atoms with Gasteiger partial charge in [-0.25, -0.2) is 0 Å². The van der Waals surface area contributed by atoms with E-state index in [9.17, 15) is 0 Å². The molecule has 50 heavy (non-hydrogen) atoms. The molecule has 6 nitrogen and oxygen atoms in total. The lowest BCUT2D eigenvalue weighted by molar-refractivity contribution is 0.0939. The van der Waals surface area contributed by atoms with Crippen molar-refractivity contribution in [3.8, 4) is 0 Å². The van der Waals surface area contributed by atoms with Crippen molar-refractivity contribution in [3.05, 3.63) is 117 Å². The summed E-state index contributed by atoms with van der Waals surface area (Å²) in [6.45, 7) is 9.36. The smallest absolute Gasteiger partial charge is 0.0708 e. The molecule has 254 valence electrons. The molecule has 0 amide bonds. The third-order valence-corrected chi connectivity index (χ3v) is 12.6. The third-order valence-electron chi connectivity index (χ3n) is 12.6. The molecule has 2 N–H and O–H groups in total. The first-order valence-electron chi connectivity index (χ1n) is 19.1. The van der Waals surface area contributed by atoms with Crippen molar-refractivity contribution in [2.45, 2.75) is 37.8 Å². The standard InChI is InChI=1S/C44H48N6/c1-3-7-39-35(5-1)43-37-29-49(23-17-33(37)9-11-41(43)45-39)27-25-47-19-13-31(14-20-47)32-15-21-48(22-16-32)26-28-50-24-18-34-10-12-42-44(38(34)30-50)36-6-2-4-8-40(36)46-42/h1-12,17-18,23-24,29-32,39-40,45-46H,13-16,19-22,25-28H2. The molecule has 2 aromatic carbocycles. The predicted octanol–water partition coefficient (Wildman–Crippen LogP) is 4.00. The van der Waals surface area contributed by atoms with Crippen molar-refractivity contribution in [1.82, 2.24) is 19.6 Å². The van der Waals surface area contributed by atoms with Crippen molar-refractivity contribution >= 4 is 47.1 Å². The topological polar surface area (TPSA) is 37.0 Å². The highest BCUT2D eigenvalue weighted by Gasteiger charge is 2.30. The van der Waals surface area contributed by atoms with Gasteiger partial charge in [-0.1, -0.05) is 60.7 Å². The van der Waals surface area contributed by atoms with E-state index in [0.717, 1.165) is 38.0 Å². The number of hydrogen-bond donors (Lipinski definition) is 2. The molecule has 2 fully saturated rings. The maximum atomic E-state index is 3.70. The van der Waals surface area contributed by atoms with E-state index in [1.54, 1.807) is 0 Å². The average molecular weight is 661 g/mol. The maximum Gasteiger partial charge on any atom is 0.0708 e. The van der Waals surface area contributed by atoms with Crippen LogP contribution in [-0.2, 0) is 0 Å². The van der Waals surface area contributed by atoms with E-state index in [1.165, 1.54) is 106 Å². The Kier molecular flexibility index (Phi) is 7.68. The number of piperidine rings is 2. The third kappa shape index (κ3) is 5.50. The molecule has 2 saturated heterocycles. The normalized spacial score (nSPS) is 25.0. The van der Waals surface area contributed by atoms with Crippen LogP contribution in [0.4, 0.5) is 11.4 Å². The highest BCUT2D eigenvalue weighted by Crippen LogP contribution is 2.33. The first-order chi connectivity index (χ1) is 24.7. The van der Waals surface area contributed by atoms with Crippen molar-refractivity contribution in [2.75, 3.05) is 63.0 Å². The number of nitrogens with zero attached hydrogens (tertiary/aromatic N) is 4. The molecule has 0 saturated carbocycles. The molecular weight excluding hydrogens is 613 g/mol. The summed E-state index contributed by atoms with van der Waals surface area (Å²) >= 11 is 0. The summed E-state index contributed by atoms with van der Waals surface area (Å²) in [5.74, 6) is 1.80. The Balaban J connectivity index is 0.706. The summed E-state index contributed by atoms with van der Waals surface area (Å²) in [6, 6.07) is 9.62. The number of likely N-dealkylation sites (tertiary alicyclic amines) is 2. The Morgan fingerprint density at radius 3 is 1.44 bits per heavy atom. The quantitative estimate of drug-likeness (QED) is 0.468. The Hall–Kier alpha value is -4.52. The van der Waals surface area contributed by atoms with E-state index in [0.29, 0.717) is 12.1 Å². The highest BCUT2D eigenvalue weighted by molar-refractivity contribution is 5.82. The van der Waals surface area contributed by atoms with E-state index in [1.807, 2.05) is 0 Å². The zero-order valence-electron chi connectivity index (χ0n) is 29.0. The van der Waals surface area contributed by atoms with Gasteiger partial charge in [-0.3, -0.25) is 0 Å². The summed E-state index contributed by atoms with van der Waals surface area (Å²) in [7, 11) is 0. The highest BCUT2D eigenvalue weighted by atomic mass is 15.2. The Morgan fingerprint density at radius 1 is 0.520 bits per heavy atom. The summed E-state index contributed by atoms with van der Waals surface area (Å²) in [6.07, 6.45) is 37.1. The largest absolute Gasteiger partial charge is 0.374 e. The van der Waals surface area contributed by atoms with Gasteiger partial charge in [0.2, 0.25) is 0 Å². The zero-order chi connectivity index (χ0) is 33.0. The van der Waals surface area contributed by atoms with Gasteiger partial charge in [0.05, 0.1) is 12.1 Å². The lowest BCUT2D eigenvalue weighted by Crippen LogP contribution is -2.43. The minimum absolute atomic E-state index is 0.302. The van der Waals surface area contributed by atoms with Crippen molar-refractivity contribution in [2.24, 2.45) is 11.8 Å². The van der Waals surface area contributed by atoms with Gasteiger partial charge in [-0.15, -0.1) is 0 Å². The fourth-order valence-electron chi connectivity index (χ4n) is 9.71. The fourth-order valence-corrected chi connectivity index (χ4v) is 9.71. The van der Waals surface area contributed by atoms with Crippen LogP contribution in [0.5, 0.6) is 0 Å². The number of anilines is 2. The van der Waals surface area contributed by atoms with E-state index >= 15 is 0 Å². The second kappa shape index (κ2) is 12.7. The summed E-state index contributed by atoms with van der Waals surface area (Å²) in [5.41, 5.74) is 7.97. The number of hydrogen-bond acceptors (Lipinski definition) is 6. The van der Waals surface area contributed by atoms with Gasteiger partial charge in [0, 0.05) is 83.2 Å². The van der Waals surface area contributed by atoms with Crippen LogP contribution in [0, 0.1) is 11.8 Å². The van der Waals surface area contributed by atoms with Gasteiger partial charge < -0.3 is 30.2 Å². The van der Waals surface area contributed by atoms with Gasteiger partial charge in [0.15, 0.2) is 0 Å². The number of rotatable bonds is 7. The van der Waals surface area contributed by atoms with Crippen molar-refractivity contribution in [1.29, 1.82) is 0 Å². The molecule has 6 aliphatic heterocycles. The minimum atomic E-state index is 0.302. The fraction of sp³-hybridized carbons (Fsp3) is 0.364. The van der Waals surface area contributed by atoms with Crippen molar-refractivity contribution in [3.63, 3.8) is 0 Å². The lowest BCUT2D eigenvalue weighted by atomic mass is 9.79. The molecule has 0 radical (unpaired) electrons. The molecule has 6 heteroatoms. The van der Waals surface area contributed by atoms with Crippen LogP contribution >= 0.6 is 0 Å². The predicted molar refractivity (Wildman–Crippen MR) is 208 cm³/mol. The Labute approximate surface area is 295 Å². The zero-order valence-corrected chi connectivity index (χ0v) is 29.0. The number of allylic oxidation sites excluding steroid dienone is 4. The van der Waals surface area contributed by atoms with Crippen LogP contribution in [0.25, 0.3) is 35.7 Å². The van der Waals surface area contributed by atoms with Gasteiger partial charge >= 0.3 is 0 Å². The minimum Gasteiger partial charge on any atom is -0.374 e. The number of nitrogens with one attached hydrogen (secondary N) is 2. The molecule has 0 bridgehead atoms. The Morgan fingerprint density at radius 2 is 0.980 bits per heavy atom. The van der Waals surface area contributed by atoms with Crippen molar-refractivity contribution < 1.29 is 0 Å². The van der Waals surface area contributed by atoms with Gasteiger partial charge in [0.1, 0.15) is 0 Å². The van der Waals surface area contributed by atoms with Gasteiger partial charge in [0.25, 0.3) is 0 Å². The van der Waals surface area contributed by atoms with Crippen LogP contribution in [0.1, 0.15) is 36.8 Å². The molecule has 2 atom stereocenters. The van der Waals surface area contributed by atoms with Crippen LogP contribution < -0.4 is 31.5 Å². The van der Waals surface area contributed by atoms with E-state index in [2.05, 4.69) is 140 Å².